The molecule has 0 spiro atoms. The third-order valence-corrected chi connectivity index (χ3v) is 7.45. The van der Waals surface area contributed by atoms with E-state index in [4.69, 9.17) is 4.74 Å². The SMILES string of the molecule is CCN(C)C(=O)Oc1cccc2c1CC[C@@H]1[C@H]2CCN1CCC1CCCCC1. The van der Waals surface area contributed by atoms with E-state index in [0.717, 1.165) is 18.1 Å². The number of likely N-dealkylation sites (tertiary alicyclic amines) is 1. The van der Waals surface area contributed by atoms with Crippen LogP contribution in [0.4, 0.5) is 4.79 Å². The molecule has 0 radical (unpaired) electrons. The Balaban J connectivity index is 1.42. The standard InChI is InChI=1S/C24H36N2O2/c1-3-25(2)24(27)28-23-11-7-10-19-20-15-17-26(22(20)13-12-21(19)23)16-14-18-8-5-4-6-9-18/h7,10-11,18,20,22H,3-6,8-9,12-17H2,1-2H3/t20-,22+/m0/s1. The monoisotopic (exact) mass is 384 g/mol. The van der Waals surface area contributed by atoms with E-state index in [0.29, 0.717) is 18.5 Å². The van der Waals surface area contributed by atoms with Gasteiger partial charge in [-0.1, -0.05) is 44.2 Å². The zero-order valence-electron chi connectivity index (χ0n) is 17.7. The molecule has 0 unspecified atom stereocenters. The summed E-state index contributed by atoms with van der Waals surface area (Å²) in [4.78, 5) is 16.6. The van der Waals surface area contributed by atoms with Gasteiger partial charge in [0.1, 0.15) is 5.75 Å². The number of rotatable bonds is 5. The minimum atomic E-state index is -0.251. The summed E-state index contributed by atoms with van der Waals surface area (Å²) in [6.07, 6.45) is 11.8. The minimum absolute atomic E-state index is 0.251. The van der Waals surface area contributed by atoms with Crippen LogP contribution in [0.5, 0.6) is 5.75 Å². The number of carbonyl (C=O) groups excluding carboxylic acids is 1. The van der Waals surface area contributed by atoms with Crippen LogP contribution in [-0.4, -0.2) is 48.6 Å². The average Bonchev–Trinajstić information content (AvgIpc) is 3.16. The number of nitrogens with zero attached hydrogens (tertiary/aromatic N) is 2. The molecule has 4 rings (SSSR count). The molecule has 2 atom stereocenters. The molecule has 28 heavy (non-hydrogen) atoms. The van der Waals surface area contributed by atoms with Crippen LogP contribution in [0.2, 0.25) is 0 Å². The summed E-state index contributed by atoms with van der Waals surface area (Å²) in [7, 11) is 1.79. The van der Waals surface area contributed by atoms with E-state index < -0.39 is 0 Å². The maximum absolute atomic E-state index is 12.2. The third-order valence-electron chi connectivity index (χ3n) is 7.45. The van der Waals surface area contributed by atoms with Gasteiger partial charge in [-0.15, -0.1) is 0 Å². The van der Waals surface area contributed by atoms with Crippen LogP contribution in [0.1, 0.15) is 75.3 Å². The smallest absolute Gasteiger partial charge is 0.410 e. The van der Waals surface area contributed by atoms with Gasteiger partial charge in [0.25, 0.3) is 0 Å². The Hall–Kier alpha value is -1.55. The van der Waals surface area contributed by atoms with Crippen molar-refractivity contribution in [2.24, 2.45) is 5.92 Å². The fourth-order valence-electron chi connectivity index (χ4n) is 5.65. The van der Waals surface area contributed by atoms with Crippen LogP contribution in [0.25, 0.3) is 0 Å². The van der Waals surface area contributed by atoms with Crippen molar-refractivity contribution in [1.82, 2.24) is 9.80 Å². The molecule has 154 valence electrons. The van der Waals surface area contributed by atoms with Crippen molar-refractivity contribution < 1.29 is 9.53 Å². The maximum atomic E-state index is 12.2. The van der Waals surface area contributed by atoms with E-state index in [9.17, 15) is 4.79 Å². The molecular formula is C24H36N2O2. The molecule has 4 heteroatoms. The Morgan fingerprint density at radius 3 is 2.79 bits per heavy atom. The summed E-state index contributed by atoms with van der Waals surface area (Å²) >= 11 is 0. The highest BCUT2D eigenvalue weighted by Gasteiger charge is 2.39. The van der Waals surface area contributed by atoms with Crippen LogP contribution >= 0.6 is 0 Å². The van der Waals surface area contributed by atoms with Crippen molar-refractivity contribution in [3.05, 3.63) is 29.3 Å². The first-order chi connectivity index (χ1) is 13.7. The first-order valence-corrected chi connectivity index (χ1v) is 11.5. The van der Waals surface area contributed by atoms with E-state index in [1.54, 1.807) is 11.9 Å². The van der Waals surface area contributed by atoms with Crippen LogP contribution in [0, 0.1) is 5.92 Å². The first kappa shape index (κ1) is 19.8. The van der Waals surface area contributed by atoms with Crippen LogP contribution in [0.15, 0.2) is 18.2 Å². The van der Waals surface area contributed by atoms with E-state index in [-0.39, 0.29) is 6.09 Å². The van der Waals surface area contributed by atoms with Crippen LogP contribution in [0.3, 0.4) is 0 Å². The molecule has 1 saturated heterocycles. The Kier molecular flexibility index (Phi) is 6.25. The molecule has 0 bridgehead atoms. The van der Waals surface area contributed by atoms with Crippen molar-refractivity contribution in [2.45, 2.75) is 76.7 Å². The highest BCUT2D eigenvalue weighted by Crippen LogP contribution is 2.44. The lowest BCUT2D eigenvalue weighted by Crippen LogP contribution is -2.36. The molecule has 1 amide bonds. The molecule has 0 N–H and O–H groups in total. The van der Waals surface area contributed by atoms with Crippen molar-refractivity contribution in [2.75, 3.05) is 26.7 Å². The van der Waals surface area contributed by atoms with Gasteiger partial charge in [0.05, 0.1) is 0 Å². The predicted molar refractivity (Wildman–Crippen MR) is 113 cm³/mol. The summed E-state index contributed by atoms with van der Waals surface area (Å²) in [6.45, 7) is 5.13. The zero-order valence-corrected chi connectivity index (χ0v) is 17.7. The summed E-state index contributed by atoms with van der Waals surface area (Å²) in [5.74, 6) is 2.35. The highest BCUT2D eigenvalue weighted by molar-refractivity contribution is 5.71. The Morgan fingerprint density at radius 2 is 2.00 bits per heavy atom. The largest absolute Gasteiger partial charge is 0.414 e. The van der Waals surface area contributed by atoms with Crippen LogP contribution < -0.4 is 4.74 Å². The maximum Gasteiger partial charge on any atom is 0.414 e. The lowest BCUT2D eigenvalue weighted by atomic mass is 9.79. The number of ether oxygens (including phenoxy) is 1. The Bertz CT molecular complexity index is 683. The second-order valence-corrected chi connectivity index (χ2v) is 9.04. The Labute approximate surface area is 170 Å². The molecule has 1 aromatic carbocycles. The highest BCUT2D eigenvalue weighted by atomic mass is 16.6. The van der Waals surface area contributed by atoms with E-state index >= 15 is 0 Å². The number of carbonyl (C=O) groups is 1. The zero-order chi connectivity index (χ0) is 19.5. The van der Waals surface area contributed by atoms with Crippen molar-refractivity contribution in [3.8, 4) is 5.75 Å². The van der Waals surface area contributed by atoms with Gasteiger partial charge in [0.2, 0.25) is 0 Å². The summed E-state index contributed by atoms with van der Waals surface area (Å²) < 4.78 is 5.74. The molecule has 0 aromatic heterocycles. The van der Waals surface area contributed by atoms with Gasteiger partial charge in [-0.3, -0.25) is 4.90 Å². The molecule has 1 aliphatic heterocycles. The lowest BCUT2D eigenvalue weighted by Gasteiger charge is -2.35. The van der Waals surface area contributed by atoms with E-state index in [1.807, 2.05) is 13.0 Å². The quantitative estimate of drug-likeness (QED) is 0.698. The van der Waals surface area contributed by atoms with Crippen molar-refractivity contribution in [3.63, 3.8) is 0 Å². The van der Waals surface area contributed by atoms with Crippen molar-refractivity contribution in [1.29, 1.82) is 0 Å². The average molecular weight is 385 g/mol. The molecule has 4 nitrogen and oxygen atoms in total. The van der Waals surface area contributed by atoms with Gasteiger partial charge in [-0.2, -0.15) is 0 Å². The minimum Gasteiger partial charge on any atom is -0.410 e. The van der Waals surface area contributed by atoms with Crippen LogP contribution in [-0.2, 0) is 6.42 Å². The fraction of sp³-hybridized carbons (Fsp3) is 0.708. The summed E-state index contributed by atoms with van der Waals surface area (Å²) in [5.41, 5.74) is 2.71. The lowest BCUT2D eigenvalue weighted by molar-refractivity contribution is 0.164. The molecule has 2 aliphatic carbocycles. The second-order valence-electron chi connectivity index (χ2n) is 9.04. The Morgan fingerprint density at radius 1 is 1.18 bits per heavy atom. The number of amides is 1. The molecule has 1 aromatic rings. The molecular weight excluding hydrogens is 348 g/mol. The molecule has 1 saturated carbocycles. The molecule has 3 aliphatic rings. The summed E-state index contributed by atoms with van der Waals surface area (Å²) in [5, 5.41) is 0. The summed E-state index contributed by atoms with van der Waals surface area (Å²) in [6, 6.07) is 6.99. The van der Waals surface area contributed by atoms with Gasteiger partial charge in [-0.25, -0.2) is 4.79 Å². The van der Waals surface area contributed by atoms with Gasteiger partial charge in [0, 0.05) is 25.6 Å². The molecule has 1 heterocycles. The van der Waals surface area contributed by atoms with Gasteiger partial charge in [0.15, 0.2) is 0 Å². The number of fused-ring (bicyclic) bond motifs is 3. The number of benzene rings is 1. The predicted octanol–water partition coefficient (Wildman–Crippen LogP) is 5.21. The third kappa shape index (κ3) is 4.07. The topological polar surface area (TPSA) is 32.8 Å². The van der Waals surface area contributed by atoms with Gasteiger partial charge < -0.3 is 9.64 Å². The first-order valence-electron chi connectivity index (χ1n) is 11.5. The number of hydrogen-bond donors (Lipinski definition) is 0. The van der Waals surface area contributed by atoms with E-state index in [1.165, 1.54) is 75.6 Å². The second kappa shape index (κ2) is 8.86. The van der Waals surface area contributed by atoms with Crippen molar-refractivity contribution >= 4 is 6.09 Å². The normalized spacial score (nSPS) is 25.2. The fourth-order valence-corrected chi connectivity index (χ4v) is 5.65. The van der Waals surface area contributed by atoms with E-state index in [2.05, 4.69) is 17.0 Å². The van der Waals surface area contributed by atoms with Gasteiger partial charge in [-0.05, 0) is 68.8 Å². The molecule has 2 fully saturated rings. The number of hydrogen-bond acceptors (Lipinski definition) is 3. The van der Waals surface area contributed by atoms with Gasteiger partial charge >= 0.3 is 6.09 Å².